The first-order chi connectivity index (χ1) is 11.2. The number of benzene rings is 1. The molecule has 0 spiro atoms. The van der Waals surface area contributed by atoms with Gasteiger partial charge < -0.3 is 20.7 Å². The van der Waals surface area contributed by atoms with E-state index in [0.717, 1.165) is 30.7 Å². The molecule has 0 atom stereocenters. The molecule has 118 valence electrons. The number of hydrogen-bond donors (Lipinski definition) is 3. The number of aromatic hydroxyl groups is 1. The molecule has 0 unspecified atom stereocenters. The fourth-order valence-electron chi connectivity index (χ4n) is 3.13. The Hall–Kier alpha value is -2.44. The summed E-state index contributed by atoms with van der Waals surface area (Å²) in [6.45, 7) is 3.72. The second kappa shape index (κ2) is 5.64. The minimum Gasteiger partial charge on any atom is -0.507 e. The second-order valence-corrected chi connectivity index (χ2v) is 6.02. The van der Waals surface area contributed by atoms with E-state index in [2.05, 4.69) is 26.1 Å². The summed E-state index contributed by atoms with van der Waals surface area (Å²) in [6.07, 6.45) is 0. The Morgan fingerprint density at radius 1 is 1.22 bits per heavy atom. The van der Waals surface area contributed by atoms with E-state index >= 15 is 0 Å². The molecule has 1 aromatic carbocycles. The highest BCUT2D eigenvalue weighted by Gasteiger charge is 2.28. The highest BCUT2D eigenvalue weighted by atomic mass is 16.3. The Bertz CT molecular complexity index is 838. The lowest BCUT2D eigenvalue weighted by Crippen LogP contribution is -2.47. The number of H-pyrrole nitrogens is 1. The van der Waals surface area contributed by atoms with Gasteiger partial charge in [0.1, 0.15) is 5.75 Å². The van der Waals surface area contributed by atoms with Crippen LogP contribution in [0.25, 0.3) is 22.3 Å². The van der Waals surface area contributed by atoms with Crippen molar-refractivity contribution in [3.8, 4) is 17.0 Å². The predicted octanol–water partition coefficient (Wildman–Crippen LogP) is 1.69. The molecule has 4 N–H and O–H groups in total. The number of aromatic nitrogens is 3. The lowest BCUT2D eigenvalue weighted by Gasteiger charge is -2.38. The summed E-state index contributed by atoms with van der Waals surface area (Å²) < 4.78 is 0. The highest BCUT2D eigenvalue weighted by molar-refractivity contribution is 5.81. The van der Waals surface area contributed by atoms with E-state index in [4.69, 9.17) is 5.73 Å². The Morgan fingerprint density at radius 3 is 2.83 bits per heavy atom. The van der Waals surface area contributed by atoms with Crippen LogP contribution in [0.4, 0.5) is 0 Å². The molecule has 23 heavy (non-hydrogen) atoms. The molecule has 1 aliphatic heterocycles. The summed E-state index contributed by atoms with van der Waals surface area (Å²) in [5.74, 6) is 0.720. The van der Waals surface area contributed by atoms with Gasteiger partial charge in [-0.3, -0.25) is 0 Å². The largest absolute Gasteiger partial charge is 0.507 e. The van der Waals surface area contributed by atoms with Crippen LogP contribution in [0, 0.1) is 0 Å². The van der Waals surface area contributed by atoms with Crippen molar-refractivity contribution in [1.82, 2.24) is 20.1 Å². The van der Waals surface area contributed by atoms with Gasteiger partial charge in [-0.2, -0.15) is 0 Å². The van der Waals surface area contributed by atoms with Crippen LogP contribution in [0.3, 0.4) is 0 Å². The van der Waals surface area contributed by atoms with Gasteiger partial charge >= 0.3 is 0 Å². The first-order valence-corrected chi connectivity index (χ1v) is 7.81. The molecule has 6 nitrogen and oxygen atoms in total. The smallest absolute Gasteiger partial charge is 0.160 e. The van der Waals surface area contributed by atoms with Crippen LogP contribution in [0.5, 0.6) is 5.75 Å². The van der Waals surface area contributed by atoms with E-state index in [1.54, 1.807) is 12.1 Å². The molecule has 3 aromatic rings. The third-order valence-electron chi connectivity index (χ3n) is 4.42. The SMILES string of the molecule is NCCN1CC(c2cc3cc(-c4ccccc4O)nnc3[nH]2)C1. The standard InChI is InChI=1S/C17H19N5O/c18-5-6-22-9-12(10-22)14-7-11-8-15(20-21-17(11)19-14)13-3-1-2-4-16(13)23/h1-4,7-8,12,23H,5-6,9-10,18H2,(H,19,21). The number of nitrogens with one attached hydrogen (secondary N) is 1. The number of rotatable bonds is 4. The van der Waals surface area contributed by atoms with Crippen molar-refractivity contribution >= 4 is 11.0 Å². The van der Waals surface area contributed by atoms with Crippen LogP contribution in [-0.4, -0.2) is 51.4 Å². The van der Waals surface area contributed by atoms with Crippen molar-refractivity contribution in [3.63, 3.8) is 0 Å². The van der Waals surface area contributed by atoms with Crippen LogP contribution in [0.15, 0.2) is 36.4 Å². The summed E-state index contributed by atoms with van der Waals surface area (Å²) >= 11 is 0. The van der Waals surface area contributed by atoms with E-state index in [-0.39, 0.29) is 5.75 Å². The number of phenols is 1. The highest BCUT2D eigenvalue weighted by Crippen LogP contribution is 2.31. The van der Waals surface area contributed by atoms with E-state index < -0.39 is 0 Å². The zero-order chi connectivity index (χ0) is 15.8. The molecule has 0 radical (unpaired) electrons. The molecule has 0 amide bonds. The molecule has 0 aliphatic carbocycles. The van der Waals surface area contributed by atoms with Crippen LogP contribution >= 0.6 is 0 Å². The van der Waals surface area contributed by atoms with E-state index in [1.807, 2.05) is 18.2 Å². The third-order valence-corrected chi connectivity index (χ3v) is 4.42. The number of nitrogens with two attached hydrogens (primary N) is 1. The zero-order valence-corrected chi connectivity index (χ0v) is 12.7. The quantitative estimate of drug-likeness (QED) is 0.682. The van der Waals surface area contributed by atoms with Crippen molar-refractivity contribution in [2.24, 2.45) is 5.73 Å². The van der Waals surface area contributed by atoms with Gasteiger partial charge in [-0.05, 0) is 24.3 Å². The van der Waals surface area contributed by atoms with Crippen molar-refractivity contribution < 1.29 is 5.11 Å². The summed E-state index contributed by atoms with van der Waals surface area (Å²) in [7, 11) is 0. The zero-order valence-electron chi connectivity index (χ0n) is 12.7. The van der Waals surface area contributed by atoms with Gasteiger partial charge in [0.15, 0.2) is 5.65 Å². The molecule has 2 aromatic heterocycles. The monoisotopic (exact) mass is 309 g/mol. The number of aromatic amines is 1. The first kappa shape index (κ1) is 14.2. The van der Waals surface area contributed by atoms with Gasteiger partial charge in [-0.1, -0.05) is 12.1 Å². The Kier molecular flexibility index (Phi) is 3.48. The minimum atomic E-state index is 0.216. The molecule has 0 bridgehead atoms. The van der Waals surface area contributed by atoms with Crippen LogP contribution in [0.1, 0.15) is 11.6 Å². The van der Waals surface area contributed by atoms with Crippen molar-refractivity contribution in [1.29, 1.82) is 0 Å². The molecule has 1 saturated heterocycles. The maximum absolute atomic E-state index is 9.97. The van der Waals surface area contributed by atoms with Crippen LogP contribution < -0.4 is 5.73 Å². The normalized spacial score (nSPS) is 15.9. The summed E-state index contributed by atoms with van der Waals surface area (Å²) in [5, 5.41) is 19.5. The minimum absolute atomic E-state index is 0.216. The maximum atomic E-state index is 9.97. The average Bonchev–Trinajstić information content (AvgIpc) is 2.93. The molecular weight excluding hydrogens is 290 g/mol. The topological polar surface area (TPSA) is 91.1 Å². The van der Waals surface area contributed by atoms with Gasteiger partial charge in [0.2, 0.25) is 0 Å². The molecular formula is C17H19N5O. The predicted molar refractivity (Wildman–Crippen MR) is 89.2 cm³/mol. The summed E-state index contributed by atoms with van der Waals surface area (Å²) in [5.41, 5.74) is 8.94. The lowest BCUT2D eigenvalue weighted by molar-refractivity contribution is 0.151. The molecule has 1 aliphatic rings. The number of likely N-dealkylation sites (tertiary alicyclic amines) is 1. The fourth-order valence-corrected chi connectivity index (χ4v) is 3.13. The number of hydrogen-bond acceptors (Lipinski definition) is 5. The first-order valence-electron chi connectivity index (χ1n) is 7.81. The van der Waals surface area contributed by atoms with Gasteiger partial charge in [0.25, 0.3) is 0 Å². The van der Waals surface area contributed by atoms with Gasteiger partial charge in [-0.15, -0.1) is 10.2 Å². The van der Waals surface area contributed by atoms with Gasteiger partial charge in [0, 0.05) is 48.7 Å². The fraction of sp³-hybridized carbons (Fsp3) is 0.294. The maximum Gasteiger partial charge on any atom is 0.160 e. The van der Waals surface area contributed by atoms with Crippen LogP contribution in [-0.2, 0) is 0 Å². The number of phenolic OH excluding ortho intramolecular Hbond substituents is 1. The average molecular weight is 309 g/mol. The molecule has 1 fully saturated rings. The van der Waals surface area contributed by atoms with Crippen molar-refractivity contribution in [2.75, 3.05) is 26.2 Å². The molecule has 4 rings (SSSR count). The van der Waals surface area contributed by atoms with E-state index in [1.165, 1.54) is 5.69 Å². The second-order valence-electron chi connectivity index (χ2n) is 6.02. The summed E-state index contributed by atoms with van der Waals surface area (Å²) in [6, 6.07) is 11.3. The number of para-hydroxylation sites is 1. The van der Waals surface area contributed by atoms with Crippen molar-refractivity contribution in [2.45, 2.75) is 5.92 Å². The van der Waals surface area contributed by atoms with E-state index in [9.17, 15) is 5.11 Å². The molecule has 3 heterocycles. The molecule has 6 heteroatoms. The van der Waals surface area contributed by atoms with Crippen LogP contribution in [0.2, 0.25) is 0 Å². The van der Waals surface area contributed by atoms with E-state index in [0.29, 0.717) is 23.7 Å². The Morgan fingerprint density at radius 2 is 2.04 bits per heavy atom. The van der Waals surface area contributed by atoms with Gasteiger partial charge in [0.05, 0.1) is 5.69 Å². The third kappa shape index (κ3) is 2.56. The lowest BCUT2D eigenvalue weighted by atomic mass is 9.96. The van der Waals surface area contributed by atoms with Gasteiger partial charge in [-0.25, -0.2) is 0 Å². The molecule has 0 saturated carbocycles. The Labute approximate surface area is 133 Å². The van der Waals surface area contributed by atoms with Crippen molar-refractivity contribution in [3.05, 3.63) is 42.1 Å². The number of nitrogens with zero attached hydrogens (tertiary/aromatic N) is 3. The summed E-state index contributed by atoms with van der Waals surface area (Å²) in [4.78, 5) is 5.70. The Balaban J connectivity index is 1.62. The number of fused-ring (bicyclic) bond motifs is 1.